The summed E-state index contributed by atoms with van der Waals surface area (Å²) < 4.78 is 15.2. The van der Waals surface area contributed by atoms with E-state index < -0.39 is 0 Å². The van der Waals surface area contributed by atoms with Crippen LogP contribution in [0, 0.1) is 17.1 Å². The van der Waals surface area contributed by atoms with Crippen molar-refractivity contribution in [3.05, 3.63) is 102 Å². The number of nitrogens with zero attached hydrogens (tertiary/aromatic N) is 3. The largest absolute Gasteiger partial charge is 0.345 e. The molecule has 0 saturated carbocycles. The molecule has 29 heavy (non-hydrogen) atoms. The molecule has 3 aromatic rings. The summed E-state index contributed by atoms with van der Waals surface area (Å²) >= 11 is 0. The Labute approximate surface area is 169 Å². The third-order valence-electron chi connectivity index (χ3n) is 4.42. The summed E-state index contributed by atoms with van der Waals surface area (Å²) in [5, 5.41) is 11.8. The van der Waals surface area contributed by atoms with Gasteiger partial charge in [-0.1, -0.05) is 24.3 Å². The summed E-state index contributed by atoms with van der Waals surface area (Å²) in [4.78, 5) is 14.4. The number of nitriles is 1. The molecular formula is C23H21FN4O. The van der Waals surface area contributed by atoms with Crippen molar-refractivity contribution in [2.75, 3.05) is 11.9 Å². The number of hydrogen-bond acceptors (Lipinski definition) is 2. The summed E-state index contributed by atoms with van der Waals surface area (Å²) in [6.07, 6.45) is 3.59. The molecule has 0 aliphatic rings. The predicted molar refractivity (Wildman–Crippen MR) is 111 cm³/mol. The van der Waals surface area contributed by atoms with Crippen molar-refractivity contribution in [2.45, 2.75) is 13.1 Å². The average molecular weight is 388 g/mol. The Balaban J connectivity index is 1.72. The van der Waals surface area contributed by atoms with Crippen molar-refractivity contribution >= 4 is 11.7 Å². The van der Waals surface area contributed by atoms with E-state index in [9.17, 15) is 9.18 Å². The van der Waals surface area contributed by atoms with Gasteiger partial charge in [0.2, 0.25) is 0 Å². The van der Waals surface area contributed by atoms with Crippen LogP contribution in [0.5, 0.6) is 0 Å². The zero-order valence-electron chi connectivity index (χ0n) is 15.9. The number of carbonyl (C=O) groups excluding carboxylic acids is 1. The highest BCUT2D eigenvalue weighted by Gasteiger charge is 2.15. The van der Waals surface area contributed by atoms with Gasteiger partial charge in [-0.05, 0) is 48.0 Å². The minimum atomic E-state index is -0.283. The van der Waals surface area contributed by atoms with Crippen LogP contribution in [-0.2, 0) is 13.1 Å². The molecular weight excluding hydrogens is 367 g/mol. The number of halogens is 1. The van der Waals surface area contributed by atoms with E-state index in [1.807, 2.05) is 22.9 Å². The van der Waals surface area contributed by atoms with Crippen molar-refractivity contribution in [3.8, 4) is 6.07 Å². The molecule has 0 radical (unpaired) electrons. The Bertz CT molecular complexity index is 1030. The van der Waals surface area contributed by atoms with Crippen LogP contribution in [0.4, 0.5) is 14.9 Å². The van der Waals surface area contributed by atoms with E-state index in [0.29, 0.717) is 30.9 Å². The van der Waals surface area contributed by atoms with Crippen molar-refractivity contribution in [3.63, 3.8) is 0 Å². The first-order chi connectivity index (χ1) is 14.1. The number of nitrogens with one attached hydrogen (secondary N) is 1. The third-order valence-corrected chi connectivity index (χ3v) is 4.42. The lowest BCUT2D eigenvalue weighted by atomic mass is 10.2. The molecule has 0 spiro atoms. The van der Waals surface area contributed by atoms with Gasteiger partial charge in [-0.15, -0.1) is 6.58 Å². The summed E-state index contributed by atoms with van der Waals surface area (Å²) in [5.74, 6) is -0.268. The maximum absolute atomic E-state index is 13.1. The number of benzene rings is 2. The van der Waals surface area contributed by atoms with E-state index >= 15 is 0 Å². The Hall–Kier alpha value is -3.85. The lowest BCUT2D eigenvalue weighted by Crippen LogP contribution is -2.35. The average Bonchev–Trinajstić information content (AvgIpc) is 3.16. The van der Waals surface area contributed by atoms with Gasteiger partial charge < -0.3 is 14.8 Å². The van der Waals surface area contributed by atoms with Crippen molar-refractivity contribution in [2.24, 2.45) is 0 Å². The van der Waals surface area contributed by atoms with Crippen molar-refractivity contribution < 1.29 is 9.18 Å². The summed E-state index contributed by atoms with van der Waals surface area (Å²) in [7, 11) is 0. The van der Waals surface area contributed by atoms with Gasteiger partial charge >= 0.3 is 6.03 Å². The summed E-state index contributed by atoms with van der Waals surface area (Å²) in [6.45, 7) is 5.06. The second-order valence-electron chi connectivity index (χ2n) is 6.55. The van der Waals surface area contributed by atoms with Crippen LogP contribution in [-0.4, -0.2) is 22.0 Å². The lowest BCUT2D eigenvalue weighted by molar-refractivity contribution is 0.214. The van der Waals surface area contributed by atoms with Crippen molar-refractivity contribution in [1.29, 1.82) is 5.26 Å². The van der Waals surface area contributed by atoms with Crippen LogP contribution >= 0.6 is 0 Å². The molecule has 2 amide bonds. The maximum atomic E-state index is 13.1. The SMILES string of the molecule is C=CCN(Cc1cccn1Cc1ccc(F)cc1)C(=O)Nc1cccc(C#N)c1. The molecule has 6 heteroatoms. The molecule has 146 valence electrons. The number of aromatic nitrogens is 1. The van der Waals surface area contributed by atoms with E-state index in [2.05, 4.69) is 18.0 Å². The zero-order valence-corrected chi connectivity index (χ0v) is 15.9. The van der Waals surface area contributed by atoms with Crippen LogP contribution in [0.15, 0.2) is 79.5 Å². The number of anilines is 1. The second-order valence-corrected chi connectivity index (χ2v) is 6.55. The van der Waals surface area contributed by atoms with E-state index in [1.165, 1.54) is 12.1 Å². The van der Waals surface area contributed by atoms with E-state index in [4.69, 9.17) is 5.26 Å². The van der Waals surface area contributed by atoms with E-state index in [-0.39, 0.29) is 11.8 Å². The van der Waals surface area contributed by atoms with Gasteiger partial charge in [0.1, 0.15) is 5.82 Å². The number of carbonyl (C=O) groups is 1. The molecule has 0 saturated heterocycles. The molecule has 0 aliphatic carbocycles. The Morgan fingerprint density at radius 1 is 1.21 bits per heavy atom. The highest BCUT2D eigenvalue weighted by atomic mass is 19.1. The number of amides is 2. The fourth-order valence-electron chi connectivity index (χ4n) is 2.97. The zero-order chi connectivity index (χ0) is 20.6. The predicted octanol–water partition coefficient (Wildman–Crippen LogP) is 4.77. The first kappa shape index (κ1) is 19.9. The van der Waals surface area contributed by atoms with Crippen LogP contribution in [0.1, 0.15) is 16.8 Å². The molecule has 0 unspecified atom stereocenters. The minimum absolute atomic E-state index is 0.268. The van der Waals surface area contributed by atoms with Gasteiger partial charge in [-0.3, -0.25) is 0 Å². The van der Waals surface area contributed by atoms with Crippen molar-refractivity contribution in [1.82, 2.24) is 9.47 Å². The van der Waals surface area contributed by atoms with Gasteiger partial charge in [0.05, 0.1) is 18.2 Å². The smallest absolute Gasteiger partial charge is 0.322 e. The standard InChI is InChI=1S/C23H21FN4O/c1-2-12-28(23(29)26-21-6-3-5-19(14-21)15-25)17-22-7-4-13-27(22)16-18-8-10-20(24)11-9-18/h2-11,13-14H,1,12,16-17H2,(H,26,29). The van der Waals surface area contributed by atoms with Gasteiger partial charge in [-0.25, -0.2) is 9.18 Å². The molecule has 0 fully saturated rings. The Kier molecular flexibility index (Phi) is 6.43. The topological polar surface area (TPSA) is 61.1 Å². The van der Waals surface area contributed by atoms with Gasteiger partial charge in [0.25, 0.3) is 0 Å². The van der Waals surface area contributed by atoms with Crippen LogP contribution in [0.3, 0.4) is 0 Å². The second kappa shape index (κ2) is 9.38. The first-order valence-electron chi connectivity index (χ1n) is 9.14. The molecule has 1 N–H and O–H groups in total. The highest BCUT2D eigenvalue weighted by molar-refractivity contribution is 5.89. The van der Waals surface area contributed by atoms with Gasteiger partial charge in [-0.2, -0.15) is 5.26 Å². The Morgan fingerprint density at radius 2 is 2.00 bits per heavy atom. The van der Waals surface area contributed by atoms with Crippen LogP contribution in [0.2, 0.25) is 0 Å². The molecule has 3 rings (SSSR count). The van der Waals surface area contributed by atoms with Crippen LogP contribution < -0.4 is 5.32 Å². The molecule has 1 heterocycles. The first-order valence-corrected chi connectivity index (χ1v) is 9.14. The highest BCUT2D eigenvalue weighted by Crippen LogP contribution is 2.14. The molecule has 5 nitrogen and oxygen atoms in total. The number of rotatable bonds is 7. The van der Waals surface area contributed by atoms with E-state index in [0.717, 1.165) is 11.3 Å². The maximum Gasteiger partial charge on any atom is 0.322 e. The van der Waals surface area contributed by atoms with Crippen LogP contribution in [0.25, 0.3) is 0 Å². The number of urea groups is 1. The quantitative estimate of drug-likeness (QED) is 0.593. The lowest BCUT2D eigenvalue weighted by Gasteiger charge is -2.23. The number of hydrogen-bond donors (Lipinski definition) is 1. The van der Waals surface area contributed by atoms with E-state index in [1.54, 1.807) is 47.4 Å². The monoisotopic (exact) mass is 388 g/mol. The molecule has 0 atom stereocenters. The molecule has 2 aromatic carbocycles. The molecule has 1 aromatic heterocycles. The summed E-state index contributed by atoms with van der Waals surface area (Å²) in [5.41, 5.74) is 2.95. The fraction of sp³-hybridized carbons (Fsp3) is 0.130. The fourth-order valence-corrected chi connectivity index (χ4v) is 2.97. The van der Waals surface area contributed by atoms with Gasteiger partial charge in [0, 0.05) is 30.7 Å². The normalized spacial score (nSPS) is 10.2. The Morgan fingerprint density at radius 3 is 2.72 bits per heavy atom. The molecule has 0 aliphatic heterocycles. The molecule has 0 bridgehead atoms. The summed E-state index contributed by atoms with van der Waals surface area (Å²) in [6, 6.07) is 18.8. The third kappa shape index (κ3) is 5.33. The van der Waals surface area contributed by atoms with Gasteiger partial charge in [0.15, 0.2) is 0 Å². The minimum Gasteiger partial charge on any atom is -0.345 e.